The summed E-state index contributed by atoms with van der Waals surface area (Å²) in [4.78, 5) is 11.4. The van der Waals surface area contributed by atoms with E-state index in [2.05, 4.69) is 17.6 Å². The molecular weight excluding hydrogens is 180 g/mol. The number of aliphatic hydroxyl groups is 1. The summed E-state index contributed by atoms with van der Waals surface area (Å²) in [7, 11) is 0. The largest absolute Gasteiger partial charge is 0.391 e. The summed E-state index contributed by atoms with van der Waals surface area (Å²) in [6.07, 6.45) is 1.24. The fraction of sp³-hybridized carbons (Fsp3) is 0.900. The number of hydrogen-bond acceptors (Lipinski definition) is 3. The van der Waals surface area contributed by atoms with E-state index in [1.165, 1.54) is 0 Å². The zero-order chi connectivity index (χ0) is 10.1. The van der Waals surface area contributed by atoms with Crippen molar-refractivity contribution in [3.63, 3.8) is 0 Å². The van der Waals surface area contributed by atoms with Gasteiger partial charge in [-0.15, -0.1) is 0 Å². The fourth-order valence-electron chi connectivity index (χ4n) is 2.43. The Labute approximate surface area is 84.1 Å². The van der Waals surface area contributed by atoms with E-state index in [1.54, 1.807) is 0 Å². The normalized spacial score (nSPS) is 39.9. The number of rotatable bonds is 2. The van der Waals surface area contributed by atoms with Crippen LogP contribution in [0, 0.1) is 11.8 Å². The van der Waals surface area contributed by atoms with Crippen molar-refractivity contribution in [2.24, 2.45) is 11.8 Å². The van der Waals surface area contributed by atoms with Crippen LogP contribution in [-0.2, 0) is 4.79 Å². The van der Waals surface area contributed by atoms with Gasteiger partial charge in [0.15, 0.2) is 0 Å². The van der Waals surface area contributed by atoms with Crippen LogP contribution in [0.3, 0.4) is 0 Å². The molecule has 4 atom stereocenters. The molecule has 0 spiro atoms. The first kappa shape index (κ1) is 9.93. The Kier molecular flexibility index (Phi) is 2.74. The molecule has 0 unspecified atom stereocenters. The summed E-state index contributed by atoms with van der Waals surface area (Å²) in [6.45, 7) is 3.83. The molecule has 2 fully saturated rings. The van der Waals surface area contributed by atoms with Crippen molar-refractivity contribution in [1.29, 1.82) is 0 Å². The first-order chi connectivity index (χ1) is 6.68. The van der Waals surface area contributed by atoms with Gasteiger partial charge in [0.2, 0.25) is 5.91 Å². The highest BCUT2D eigenvalue weighted by atomic mass is 16.3. The lowest BCUT2D eigenvalue weighted by atomic mass is 9.92. The lowest BCUT2D eigenvalue weighted by molar-refractivity contribution is -0.126. The van der Waals surface area contributed by atoms with Gasteiger partial charge in [0, 0.05) is 12.6 Å². The van der Waals surface area contributed by atoms with Crippen molar-refractivity contribution in [1.82, 2.24) is 10.6 Å². The number of carbonyl (C=O) groups excluding carboxylic acids is 1. The van der Waals surface area contributed by atoms with Gasteiger partial charge in [0.05, 0.1) is 12.0 Å². The van der Waals surface area contributed by atoms with E-state index in [1.807, 2.05) is 0 Å². The summed E-state index contributed by atoms with van der Waals surface area (Å²) in [6, 6.07) is 0.110. The molecular formula is C10H18N2O2. The van der Waals surface area contributed by atoms with Gasteiger partial charge in [-0.2, -0.15) is 0 Å². The summed E-state index contributed by atoms with van der Waals surface area (Å²) in [5.74, 6) is 0.427. The van der Waals surface area contributed by atoms with Gasteiger partial charge in [0.25, 0.3) is 0 Å². The summed E-state index contributed by atoms with van der Waals surface area (Å²) in [5, 5.41) is 16.0. The number of nitrogens with one attached hydrogen (secondary N) is 2. The van der Waals surface area contributed by atoms with E-state index in [-0.39, 0.29) is 17.9 Å². The highest BCUT2D eigenvalue weighted by Gasteiger charge is 2.37. The van der Waals surface area contributed by atoms with Crippen LogP contribution in [0.15, 0.2) is 0 Å². The number of amides is 1. The lowest BCUT2D eigenvalue weighted by Gasteiger charge is -2.22. The fourth-order valence-corrected chi connectivity index (χ4v) is 2.43. The van der Waals surface area contributed by atoms with Crippen LogP contribution in [0.25, 0.3) is 0 Å². The molecule has 0 radical (unpaired) electrons. The van der Waals surface area contributed by atoms with E-state index >= 15 is 0 Å². The molecule has 2 aliphatic rings. The van der Waals surface area contributed by atoms with Crippen molar-refractivity contribution in [3.05, 3.63) is 0 Å². The van der Waals surface area contributed by atoms with Gasteiger partial charge in [-0.1, -0.05) is 6.92 Å². The Morgan fingerprint density at radius 1 is 1.57 bits per heavy atom. The van der Waals surface area contributed by atoms with Crippen LogP contribution in [-0.4, -0.2) is 36.2 Å². The maximum Gasteiger partial charge on any atom is 0.225 e. The minimum absolute atomic E-state index is 0.0128. The monoisotopic (exact) mass is 198 g/mol. The molecule has 2 heterocycles. The van der Waals surface area contributed by atoms with Crippen LogP contribution in [0.5, 0.6) is 0 Å². The van der Waals surface area contributed by atoms with E-state index in [0.29, 0.717) is 12.5 Å². The van der Waals surface area contributed by atoms with Gasteiger partial charge >= 0.3 is 0 Å². The van der Waals surface area contributed by atoms with Crippen LogP contribution in [0.4, 0.5) is 0 Å². The Balaban J connectivity index is 1.94. The van der Waals surface area contributed by atoms with Gasteiger partial charge in [-0.3, -0.25) is 4.79 Å². The molecule has 0 bridgehead atoms. The van der Waals surface area contributed by atoms with Gasteiger partial charge < -0.3 is 15.7 Å². The Morgan fingerprint density at radius 2 is 2.36 bits per heavy atom. The number of hydrogen-bond donors (Lipinski definition) is 3. The Hall–Kier alpha value is -0.610. The van der Waals surface area contributed by atoms with Crippen LogP contribution >= 0.6 is 0 Å². The van der Waals surface area contributed by atoms with Crippen molar-refractivity contribution in [3.8, 4) is 0 Å². The van der Waals surface area contributed by atoms with E-state index in [0.717, 1.165) is 19.4 Å². The van der Waals surface area contributed by atoms with Crippen LogP contribution < -0.4 is 10.6 Å². The molecule has 0 aromatic rings. The van der Waals surface area contributed by atoms with Gasteiger partial charge in [-0.25, -0.2) is 0 Å². The molecule has 2 rings (SSSR count). The van der Waals surface area contributed by atoms with Gasteiger partial charge in [0.1, 0.15) is 0 Å². The van der Waals surface area contributed by atoms with E-state index < -0.39 is 6.10 Å². The number of aliphatic hydroxyl groups excluding tert-OH is 1. The van der Waals surface area contributed by atoms with E-state index in [9.17, 15) is 9.90 Å². The SMILES string of the molecule is C[C@H]1CN[C@H]([C@H](O)[C@@H]2CCNC2=O)C1. The quantitative estimate of drug-likeness (QED) is 0.559. The van der Waals surface area contributed by atoms with E-state index in [4.69, 9.17) is 0 Å². The molecule has 4 nitrogen and oxygen atoms in total. The van der Waals surface area contributed by atoms with Crippen LogP contribution in [0.2, 0.25) is 0 Å². The summed E-state index contributed by atoms with van der Waals surface area (Å²) >= 11 is 0. The molecule has 0 aromatic carbocycles. The third-order valence-electron chi connectivity index (χ3n) is 3.30. The molecule has 2 saturated heterocycles. The molecule has 3 N–H and O–H groups in total. The molecule has 4 heteroatoms. The van der Waals surface area contributed by atoms with Crippen LogP contribution in [0.1, 0.15) is 19.8 Å². The molecule has 1 amide bonds. The standard InChI is InChI=1S/C10H18N2O2/c1-6-4-8(12-5-6)9(13)7-2-3-11-10(7)14/h6-9,12-13H,2-5H2,1H3,(H,11,14)/t6-,7+,8+,9-/m1/s1. The maximum absolute atomic E-state index is 11.4. The average Bonchev–Trinajstić information content (AvgIpc) is 2.73. The van der Waals surface area contributed by atoms with Crippen molar-refractivity contribution >= 4 is 5.91 Å². The first-order valence-corrected chi connectivity index (χ1v) is 5.37. The third-order valence-corrected chi connectivity index (χ3v) is 3.30. The lowest BCUT2D eigenvalue weighted by Crippen LogP contribution is -2.42. The molecule has 0 aromatic heterocycles. The zero-order valence-electron chi connectivity index (χ0n) is 8.49. The highest BCUT2D eigenvalue weighted by molar-refractivity contribution is 5.81. The number of carbonyl (C=O) groups is 1. The maximum atomic E-state index is 11.4. The van der Waals surface area contributed by atoms with Crippen molar-refractivity contribution in [2.45, 2.75) is 31.9 Å². The predicted octanol–water partition coefficient (Wildman–Crippen LogP) is -0.519. The molecule has 2 aliphatic heterocycles. The average molecular weight is 198 g/mol. The van der Waals surface area contributed by atoms with Gasteiger partial charge in [-0.05, 0) is 25.3 Å². The zero-order valence-corrected chi connectivity index (χ0v) is 8.49. The smallest absolute Gasteiger partial charge is 0.225 e. The molecule has 0 saturated carbocycles. The predicted molar refractivity (Wildman–Crippen MR) is 52.7 cm³/mol. The molecule has 0 aliphatic carbocycles. The minimum Gasteiger partial charge on any atom is -0.391 e. The van der Waals surface area contributed by atoms with Crippen molar-refractivity contribution < 1.29 is 9.90 Å². The molecule has 80 valence electrons. The minimum atomic E-state index is -0.512. The first-order valence-electron chi connectivity index (χ1n) is 5.37. The topological polar surface area (TPSA) is 61.4 Å². The second kappa shape index (κ2) is 3.87. The second-order valence-electron chi connectivity index (χ2n) is 4.53. The Bertz CT molecular complexity index is 232. The third kappa shape index (κ3) is 1.77. The summed E-state index contributed by atoms with van der Waals surface area (Å²) in [5.41, 5.74) is 0. The molecule has 14 heavy (non-hydrogen) atoms. The van der Waals surface area contributed by atoms with Crippen molar-refractivity contribution in [2.75, 3.05) is 13.1 Å². The Morgan fingerprint density at radius 3 is 2.86 bits per heavy atom. The highest BCUT2D eigenvalue weighted by Crippen LogP contribution is 2.23. The summed E-state index contributed by atoms with van der Waals surface area (Å²) < 4.78 is 0. The second-order valence-corrected chi connectivity index (χ2v) is 4.53.